The molecule has 0 aromatic carbocycles. The number of piperazine rings is 1. The molecule has 1 amide bonds. The largest absolute Gasteiger partial charge is 0.332 e. The average molecular weight is 249 g/mol. The number of carbonyl (C=O) groups excluding carboxylic acids is 1. The molecule has 18 heavy (non-hydrogen) atoms. The van der Waals surface area contributed by atoms with E-state index in [2.05, 4.69) is 27.2 Å². The summed E-state index contributed by atoms with van der Waals surface area (Å²) in [7, 11) is 0. The molecule has 1 aromatic heterocycles. The molecular weight excluding hydrogens is 230 g/mol. The number of nitrogens with zero attached hydrogens (tertiary/aromatic N) is 4. The summed E-state index contributed by atoms with van der Waals surface area (Å²) >= 11 is 0. The molecule has 0 radical (unpaired) electrons. The second-order valence-electron chi connectivity index (χ2n) is 5.31. The summed E-state index contributed by atoms with van der Waals surface area (Å²) in [6, 6.07) is 0.786. The predicted octanol–water partition coefficient (Wildman–Crippen LogP) is 0.503. The third-order valence-electron chi connectivity index (χ3n) is 4.08. The number of piperidine rings is 1. The van der Waals surface area contributed by atoms with Crippen molar-refractivity contribution in [2.45, 2.75) is 38.3 Å². The summed E-state index contributed by atoms with van der Waals surface area (Å²) in [6.07, 6.45) is 5.28. The molecule has 0 saturated carbocycles. The summed E-state index contributed by atoms with van der Waals surface area (Å²) in [4.78, 5) is 16.8. The third kappa shape index (κ3) is 2.01. The molecule has 2 unspecified atom stereocenters. The molecule has 1 aromatic rings. The minimum atomic E-state index is 0.00136. The number of H-pyrrole nitrogens is 1. The van der Waals surface area contributed by atoms with E-state index in [1.807, 2.05) is 4.90 Å². The standard InChI is InChI=1S/C12H19N5O/c1-9-7-16-5-3-2-4-10(16)8-17(9)12(18)11-6-13-15-14-11/h6,9-10H,2-5,7-8H2,1H3,(H,13,14,15). The van der Waals surface area contributed by atoms with Crippen LogP contribution in [0.3, 0.4) is 0 Å². The van der Waals surface area contributed by atoms with Gasteiger partial charge in [0.2, 0.25) is 0 Å². The molecule has 1 N–H and O–H groups in total. The van der Waals surface area contributed by atoms with Crippen molar-refractivity contribution in [1.29, 1.82) is 0 Å². The highest BCUT2D eigenvalue weighted by Gasteiger charge is 2.35. The van der Waals surface area contributed by atoms with Crippen LogP contribution in [0.15, 0.2) is 6.20 Å². The first kappa shape index (κ1) is 11.6. The minimum absolute atomic E-state index is 0.00136. The maximum Gasteiger partial charge on any atom is 0.276 e. The van der Waals surface area contributed by atoms with Gasteiger partial charge < -0.3 is 4.90 Å². The van der Waals surface area contributed by atoms with Crippen LogP contribution in [0, 0.1) is 0 Å². The maximum atomic E-state index is 12.3. The molecule has 2 aliphatic rings. The molecule has 0 aliphatic carbocycles. The first-order valence-corrected chi connectivity index (χ1v) is 6.66. The van der Waals surface area contributed by atoms with Gasteiger partial charge >= 0.3 is 0 Å². The Hall–Kier alpha value is -1.43. The highest BCUT2D eigenvalue weighted by molar-refractivity contribution is 5.92. The van der Waals surface area contributed by atoms with E-state index in [1.165, 1.54) is 32.0 Å². The minimum Gasteiger partial charge on any atom is -0.332 e. The van der Waals surface area contributed by atoms with Gasteiger partial charge in [0.15, 0.2) is 5.69 Å². The third-order valence-corrected chi connectivity index (χ3v) is 4.08. The van der Waals surface area contributed by atoms with Crippen LogP contribution in [0.2, 0.25) is 0 Å². The molecule has 2 atom stereocenters. The Morgan fingerprint density at radius 2 is 2.33 bits per heavy atom. The molecule has 6 heteroatoms. The quantitative estimate of drug-likeness (QED) is 0.787. The lowest BCUT2D eigenvalue weighted by molar-refractivity contribution is 0.0148. The number of amides is 1. The van der Waals surface area contributed by atoms with Crippen LogP contribution in [0.25, 0.3) is 0 Å². The normalized spacial score (nSPS) is 29.1. The first-order chi connectivity index (χ1) is 8.75. The number of aromatic nitrogens is 3. The molecule has 2 aliphatic heterocycles. The molecule has 98 valence electrons. The summed E-state index contributed by atoms with van der Waals surface area (Å²) in [5.41, 5.74) is 0.422. The Kier molecular flexibility index (Phi) is 3.03. The Bertz CT molecular complexity index is 418. The van der Waals surface area contributed by atoms with E-state index in [1.54, 1.807) is 0 Å². The zero-order chi connectivity index (χ0) is 12.5. The lowest BCUT2D eigenvalue weighted by Crippen LogP contribution is -2.60. The van der Waals surface area contributed by atoms with Gasteiger partial charge in [0, 0.05) is 25.2 Å². The van der Waals surface area contributed by atoms with E-state index in [9.17, 15) is 4.79 Å². The Labute approximate surface area is 106 Å². The van der Waals surface area contributed by atoms with Gasteiger partial charge in [0.05, 0.1) is 6.20 Å². The van der Waals surface area contributed by atoms with E-state index >= 15 is 0 Å². The Morgan fingerprint density at radius 1 is 1.44 bits per heavy atom. The number of carbonyl (C=O) groups is 1. The van der Waals surface area contributed by atoms with E-state index in [0.717, 1.165) is 13.1 Å². The zero-order valence-electron chi connectivity index (χ0n) is 10.7. The lowest BCUT2D eigenvalue weighted by Gasteiger charge is -2.47. The van der Waals surface area contributed by atoms with Crippen molar-refractivity contribution in [3.63, 3.8) is 0 Å². The molecule has 2 fully saturated rings. The fraction of sp³-hybridized carbons (Fsp3) is 0.750. The van der Waals surface area contributed by atoms with Crippen LogP contribution in [0.5, 0.6) is 0 Å². The SMILES string of the molecule is CC1CN2CCCCC2CN1C(=O)c1cn[nH]n1. The van der Waals surface area contributed by atoms with Crippen molar-refractivity contribution < 1.29 is 4.79 Å². The van der Waals surface area contributed by atoms with Crippen molar-refractivity contribution in [2.75, 3.05) is 19.6 Å². The van der Waals surface area contributed by atoms with Gasteiger partial charge in [-0.1, -0.05) is 6.42 Å². The predicted molar refractivity (Wildman–Crippen MR) is 66.1 cm³/mol. The second-order valence-corrected chi connectivity index (χ2v) is 5.31. The van der Waals surface area contributed by atoms with E-state index < -0.39 is 0 Å². The van der Waals surface area contributed by atoms with Crippen LogP contribution in [0.4, 0.5) is 0 Å². The van der Waals surface area contributed by atoms with Gasteiger partial charge in [-0.2, -0.15) is 15.4 Å². The van der Waals surface area contributed by atoms with E-state index in [0.29, 0.717) is 11.7 Å². The van der Waals surface area contributed by atoms with Crippen LogP contribution in [0.1, 0.15) is 36.7 Å². The number of rotatable bonds is 1. The molecular formula is C12H19N5O. The van der Waals surface area contributed by atoms with Crippen molar-refractivity contribution in [3.05, 3.63) is 11.9 Å². The monoisotopic (exact) mass is 249 g/mol. The Morgan fingerprint density at radius 3 is 3.11 bits per heavy atom. The van der Waals surface area contributed by atoms with E-state index in [-0.39, 0.29) is 11.9 Å². The molecule has 2 saturated heterocycles. The number of fused-ring (bicyclic) bond motifs is 1. The van der Waals surface area contributed by atoms with Crippen LogP contribution in [-0.4, -0.2) is 62.8 Å². The number of hydrogen-bond acceptors (Lipinski definition) is 4. The lowest BCUT2D eigenvalue weighted by atomic mass is 9.97. The van der Waals surface area contributed by atoms with Crippen molar-refractivity contribution >= 4 is 5.91 Å². The van der Waals surface area contributed by atoms with Gasteiger partial charge in [-0.3, -0.25) is 9.69 Å². The molecule has 3 rings (SSSR count). The topological polar surface area (TPSA) is 65.1 Å². The number of hydrogen-bond donors (Lipinski definition) is 1. The van der Waals surface area contributed by atoms with Crippen molar-refractivity contribution in [3.8, 4) is 0 Å². The van der Waals surface area contributed by atoms with Gasteiger partial charge in [0.25, 0.3) is 5.91 Å². The Balaban J connectivity index is 1.74. The van der Waals surface area contributed by atoms with Crippen molar-refractivity contribution in [2.24, 2.45) is 0 Å². The first-order valence-electron chi connectivity index (χ1n) is 6.66. The van der Waals surface area contributed by atoms with Gasteiger partial charge in [-0.05, 0) is 26.3 Å². The molecule has 6 nitrogen and oxygen atoms in total. The summed E-state index contributed by atoms with van der Waals surface area (Å²) in [5, 5.41) is 10.1. The molecule has 0 bridgehead atoms. The maximum absolute atomic E-state index is 12.3. The zero-order valence-corrected chi connectivity index (χ0v) is 10.7. The fourth-order valence-corrected chi connectivity index (χ4v) is 3.09. The fourth-order valence-electron chi connectivity index (χ4n) is 3.09. The van der Waals surface area contributed by atoms with Gasteiger partial charge in [0.1, 0.15) is 0 Å². The highest BCUT2D eigenvalue weighted by atomic mass is 16.2. The van der Waals surface area contributed by atoms with Gasteiger partial charge in [-0.25, -0.2) is 0 Å². The summed E-state index contributed by atoms with van der Waals surface area (Å²) in [5.74, 6) is 0.00136. The van der Waals surface area contributed by atoms with Crippen LogP contribution in [-0.2, 0) is 0 Å². The van der Waals surface area contributed by atoms with Crippen LogP contribution < -0.4 is 0 Å². The van der Waals surface area contributed by atoms with Crippen LogP contribution >= 0.6 is 0 Å². The number of aromatic amines is 1. The average Bonchev–Trinajstić information content (AvgIpc) is 2.91. The smallest absolute Gasteiger partial charge is 0.276 e. The highest BCUT2D eigenvalue weighted by Crippen LogP contribution is 2.24. The van der Waals surface area contributed by atoms with Gasteiger partial charge in [-0.15, -0.1) is 0 Å². The summed E-state index contributed by atoms with van der Waals surface area (Å²) in [6.45, 7) is 5.10. The second kappa shape index (κ2) is 4.68. The van der Waals surface area contributed by atoms with Crippen molar-refractivity contribution in [1.82, 2.24) is 25.2 Å². The molecule has 0 spiro atoms. The van der Waals surface area contributed by atoms with E-state index in [4.69, 9.17) is 0 Å². The number of nitrogens with one attached hydrogen (secondary N) is 1. The summed E-state index contributed by atoms with van der Waals surface area (Å²) < 4.78 is 0. The molecule has 3 heterocycles.